The summed E-state index contributed by atoms with van der Waals surface area (Å²) in [6, 6.07) is 14.1. The average Bonchev–Trinajstić information content (AvgIpc) is 2.98. The molecule has 1 heterocycles. The van der Waals surface area contributed by atoms with Crippen LogP contribution in [0.3, 0.4) is 0 Å². The van der Waals surface area contributed by atoms with Gasteiger partial charge in [-0.25, -0.2) is 8.93 Å². The van der Waals surface area contributed by atoms with Gasteiger partial charge in [-0.1, -0.05) is 18.2 Å². The van der Waals surface area contributed by atoms with E-state index >= 15 is 0 Å². The summed E-state index contributed by atoms with van der Waals surface area (Å²) in [5, 5.41) is 0. The molecule has 0 fully saturated rings. The van der Waals surface area contributed by atoms with Crippen molar-refractivity contribution in [3.8, 4) is 5.75 Å². The maximum absolute atomic E-state index is 12.2. The SMILES string of the molecule is O=S(NCCN1CCc2ccccc21)c1ccc(OC(F)F)cc1. The summed E-state index contributed by atoms with van der Waals surface area (Å²) < 4.78 is 43.6. The van der Waals surface area contributed by atoms with Crippen molar-refractivity contribution in [2.45, 2.75) is 17.9 Å². The van der Waals surface area contributed by atoms with E-state index in [1.807, 2.05) is 12.1 Å². The zero-order valence-electron chi connectivity index (χ0n) is 13.0. The molecule has 2 aromatic carbocycles. The van der Waals surface area contributed by atoms with Gasteiger partial charge in [0.15, 0.2) is 0 Å². The van der Waals surface area contributed by atoms with Gasteiger partial charge in [-0.05, 0) is 42.3 Å². The molecule has 0 aliphatic carbocycles. The Labute approximate surface area is 142 Å². The third-order valence-electron chi connectivity index (χ3n) is 3.86. The average molecular weight is 352 g/mol. The lowest BCUT2D eigenvalue weighted by molar-refractivity contribution is -0.0498. The molecule has 128 valence electrons. The van der Waals surface area contributed by atoms with E-state index in [0.29, 0.717) is 11.4 Å². The molecule has 0 saturated heterocycles. The van der Waals surface area contributed by atoms with Crippen LogP contribution in [0.2, 0.25) is 0 Å². The lowest BCUT2D eigenvalue weighted by Gasteiger charge is -2.19. The van der Waals surface area contributed by atoms with Crippen molar-refractivity contribution < 1.29 is 17.7 Å². The lowest BCUT2D eigenvalue weighted by atomic mass is 10.2. The van der Waals surface area contributed by atoms with Crippen molar-refractivity contribution in [1.82, 2.24) is 4.72 Å². The Balaban J connectivity index is 1.49. The molecule has 0 saturated carbocycles. The van der Waals surface area contributed by atoms with E-state index in [9.17, 15) is 13.0 Å². The number of nitrogens with zero attached hydrogens (tertiary/aromatic N) is 1. The minimum absolute atomic E-state index is 0.0550. The van der Waals surface area contributed by atoms with E-state index in [-0.39, 0.29) is 5.75 Å². The number of rotatable bonds is 7. The lowest BCUT2D eigenvalue weighted by Crippen LogP contribution is -2.31. The highest BCUT2D eigenvalue weighted by Crippen LogP contribution is 2.26. The molecule has 7 heteroatoms. The first-order valence-electron chi connectivity index (χ1n) is 7.66. The van der Waals surface area contributed by atoms with E-state index in [1.165, 1.54) is 35.5 Å². The minimum Gasteiger partial charge on any atom is -0.435 e. The number of anilines is 1. The molecular formula is C17H18F2N2O2S. The number of alkyl halides is 2. The topological polar surface area (TPSA) is 41.6 Å². The van der Waals surface area contributed by atoms with E-state index in [1.54, 1.807) is 0 Å². The molecule has 0 radical (unpaired) electrons. The normalized spacial score (nSPS) is 14.7. The van der Waals surface area contributed by atoms with Crippen LogP contribution in [0.25, 0.3) is 0 Å². The number of para-hydroxylation sites is 1. The van der Waals surface area contributed by atoms with Gasteiger partial charge in [0.05, 0.1) is 4.90 Å². The van der Waals surface area contributed by atoms with E-state index in [4.69, 9.17) is 0 Å². The van der Waals surface area contributed by atoms with Crippen molar-refractivity contribution in [3.63, 3.8) is 0 Å². The molecule has 0 spiro atoms. The molecule has 1 unspecified atom stereocenters. The minimum atomic E-state index is -2.86. The summed E-state index contributed by atoms with van der Waals surface area (Å²) in [5.74, 6) is 0.0550. The summed E-state index contributed by atoms with van der Waals surface area (Å²) >= 11 is 0. The second-order valence-corrected chi connectivity index (χ2v) is 6.68. The van der Waals surface area contributed by atoms with E-state index in [2.05, 4.69) is 26.5 Å². The largest absolute Gasteiger partial charge is 0.435 e. The number of ether oxygens (including phenoxy) is 1. The molecule has 1 atom stereocenters. The zero-order chi connectivity index (χ0) is 16.9. The summed E-state index contributed by atoms with van der Waals surface area (Å²) in [5.41, 5.74) is 2.58. The molecule has 0 aromatic heterocycles. The maximum Gasteiger partial charge on any atom is 0.387 e. The molecule has 2 aromatic rings. The highest BCUT2D eigenvalue weighted by atomic mass is 32.2. The number of nitrogens with one attached hydrogen (secondary N) is 1. The monoisotopic (exact) mass is 352 g/mol. The fraction of sp³-hybridized carbons (Fsp3) is 0.294. The van der Waals surface area contributed by atoms with Gasteiger partial charge in [0, 0.05) is 25.3 Å². The Morgan fingerprint density at radius 2 is 1.92 bits per heavy atom. The van der Waals surface area contributed by atoms with Gasteiger partial charge in [0.2, 0.25) is 0 Å². The first-order valence-corrected chi connectivity index (χ1v) is 8.81. The van der Waals surface area contributed by atoms with E-state index in [0.717, 1.165) is 19.5 Å². The zero-order valence-corrected chi connectivity index (χ0v) is 13.8. The van der Waals surface area contributed by atoms with Crippen LogP contribution in [0.5, 0.6) is 5.75 Å². The van der Waals surface area contributed by atoms with Crippen LogP contribution >= 0.6 is 0 Å². The third-order valence-corrected chi connectivity index (χ3v) is 5.03. The molecule has 0 amide bonds. The quantitative estimate of drug-likeness (QED) is 0.833. The molecule has 1 aliphatic heterocycles. The summed E-state index contributed by atoms with van der Waals surface area (Å²) in [6.07, 6.45) is 1.03. The van der Waals surface area contributed by atoms with Crippen molar-refractivity contribution in [2.24, 2.45) is 0 Å². The molecule has 1 N–H and O–H groups in total. The van der Waals surface area contributed by atoms with Gasteiger partial charge in [-0.2, -0.15) is 8.78 Å². The van der Waals surface area contributed by atoms with Gasteiger partial charge in [-0.15, -0.1) is 0 Å². The molecule has 4 nitrogen and oxygen atoms in total. The van der Waals surface area contributed by atoms with Crippen LogP contribution in [-0.2, 0) is 17.4 Å². The first kappa shape index (κ1) is 16.9. The fourth-order valence-electron chi connectivity index (χ4n) is 2.74. The van der Waals surface area contributed by atoms with Gasteiger partial charge in [-0.3, -0.25) is 0 Å². The predicted octanol–water partition coefficient (Wildman–Crippen LogP) is 2.96. The Morgan fingerprint density at radius 1 is 1.17 bits per heavy atom. The second kappa shape index (κ2) is 7.72. The highest BCUT2D eigenvalue weighted by molar-refractivity contribution is 7.83. The van der Waals surface area contributed by atoms with Gasteiger partial charge in [0.1, 0.15) is 16.7 Å². The van der Waals surface area contributed by atoms with Crippen LogP contribution in [0.1, 0.15) is 5.56 Å². The van der Waals surface area contributed by atoms with Gasteiger partial charge in [0.25, 0.3) is 0 Å². The number of hydrogen-bond donors (Lipinski definition) is 1. The molecule has 3 rings (SSSR count). The van der Waals surface area contributed by atoms with Crippen molar-refractivity contribution >= 4 is 16.7 Å². The van der Waals surface area contributed by atoms with Crippen molar-refractivity contribution in [3.05, 3.63) is 54.1 Å². The van der Waals surface area contributed by atoms with E-state index < -0.39 is 17.6 Å². The molecule has 1 aliphatic rings. The van der Waals surface area contributed by atoms with Crippen molar-refractivity contribution in [1.29, 1.82) is 0 Å². The third kappa shape index (κ3) is 4.10. The highest BCUT2D eigenvalue weighted by Gasteiger charge is 2.17. The van der Waals surface area contributed by atoms with Crippen LogP contribution in [-0.4, -0.2) is 30.5 Å². The summed E-state index contributed by atoms with van der Waals surface area (Å²) in [7, 11) is -1.38. The Hall–Kier alpha value is -1.99. The van der Waals surface area contributed by atoms with Crippen LogP contribution in [0, 0.1) is 0 Å². The fourth-order valence-corrected chi connectivity index (χ4v) is 3.57. The number of fused-ring (bicyclic) bond motifs is 1. The van der Waals surface area contributed by atoms with Crippen LogP contribution in [0.4, 0.5) is 14.5 Å². The Morgan fingerprint density at radius 3 is 2.67 bits per heavy atom. The number of hydrogen-bond acceptors (Lipinski definition) is 3. The summed E-state index contributed by atoms with van der Waals surface area (Å²) in [6.45, 7) is -0.568. The molecule has 24 heavy (non-hydrogen) atoms. The number of halogens is 2. The molecule has 0 bridgehead atoms. The maximum atomic E-state index is 12.2. The van der Waals surface area contributed by atoms with Gasteiger partial charge < -0.3 is 9.64 Å². The standard InChI is InChI=1S/C17H18F2N2O2S/c18-17(19)23-14-5-7-15(8-6-14)24(22)20-10-12-21-11-9-13-3-1-2-4-16(13)21/h1-8,17,20H,9-12H2. The summed E-state index contributed by atoms with van der Waals surface area (Å²) in [4.78, 5) is 2.79. The molecular weight excluding hydrogens is 334 g/mol. The van der Waals surface area contributed by atoms with Crippen LogP contribution < -0.4 is 14.4 Å². The van der Waals surface area contributed by atoms with Crippen molar-refractivity contribution in [2.75, 3.05) is 24.5 Å². The number of benzene rings is 2. The van der Waals surface area contributed by atoms with Crippen LogP contribution in [0.15, 0.2) is 53.4 Å². The Kier molecular flexibility index (Phi) is 5.42. The first-order chi connectivity index (χ1) is 11.6. The smallest absolute Gasteiger partial charge is 0.387 e. The Bertz CT molecular complexity index is 710. The second-order valence-electron chi connectivity index (χ2n) is 5.38. The van der Waals surface area contributed by atoms with Gasteiger partial charge >= 0.3 is 6.61 Å². The predicted molar refractivity (Wildman–Crippen MR) is 89.8 cm³/mol.